The fourth-order valence-corrected chi connectivity index (χ4v) is 12.1. The Morgan fingerprint density at radius 3 is 1.78 bits per heavy atom. The number of furan rings is 1. The number of hydrogen-bond acceptors (Lipinski definition) is 2. The van der Waals surface area contributed by atoms with Crippen molar-refractivity contribution in [1.82, 2.24) is 0 Å². The molecule has 63 heavy (non-hydrogen) atoms. The minimum atomic E-state index is 0.151. The molecular formula is C61H45NO. The summed E-state index contributed by atoms with van der Waals surface area (Å²) in [5.74, 6) is 1.58. The van der Waals surface area contributed by atoms with E-state index in [1.54, 1.807) is 11.1 Å². The SMILES string of the molecule is c1ccc(-c2ccccc2-c2ccccc2-c2ccccc2N(c2ccc(-c3ccc4c(c3)C3(CC5CCC3C5)c3ccccc3-4)cc2)c2ccc3c(c2)oc2ccccc23)cc1. The number of para-hydroxylation sites is 2. The topological polar surface area (TPSA) is 16.4 Å². The van der Waals surface area contributed by atoms with E-state index in [1.807, 2.05) is 6.07 Å². The molecule has 0 N–H and O–H groups in total. The van der Waals surface area contributed by atoms with Crippen LogP contribution in [0.1, 0.15) is 36.8 Å². The van der Waals surface area contributed by atoms with Gasteiger partial charge in [0.15, 0.2) is 0 Å². The summed E-state index contributed by atoms with van der Waals surface area (Å²) in [7, 11) is 0. The highest BCUT2D eigenvalue weighted by atomic mass is 16.3. The molecule has 3 aliphatic carbocycles. The predicted molar refractivity (Wildman–Crippen MR) is 262 cm³/mol. The average Bonchev–Trinajstić information content (AvgIpc) is 4.14. The molecule has 3 aliphatic rings. The second-order valence-corrected chi connectivity index (χ2v) is 18.0. The van der Waals surface area contributed by atoms with Gasteiger partial charge in [0.25, 0.3) is 0 Å². The highest BCUT2D eigenvalue weighted by molar-refractivity contribution is 6.06. The van der Waals surface area contributed by atoms with Crippen molar-refractivity contribution < 1.29 is 4.42 Å². The molecule has 2 fully saturated rings. The Bertz CT molecular complexity index is 3380. The monoisotopic (exact) mass is 807 g/mol. The molecule has 3 atom stereocenters. The van der Waals surface area contributed by atoms with Crippen molar-refractivity contribution in [2.45, 2.75) is 31.1 Å². The number of hydrogen-bond donors (Lipinski definition) is 0. The fraction of sp³-hybridized carbons (Fsp3) is 0.115. The summed E-state index contributed by atoms with van der Waals surface area (Å²) in [5, 5.41) is 2.25. The van der Waals surface area contributed by atoms with Crippen LogP contribution < -0.4 is 4.90 Å². The van der Waals surface area contributed by atoms with Crippen molar-refractivity contribution in [3.05, 3.63) is 223 Å². The van der Waals surface area contributed by atoms with E-state index in [2.05, 4.69) is 211 Å². The summed E-state index contributed by atoms with van der Waals surface area (Å²) >= 11 is 0. The molecule has 0 aliphatic heterocycles. The molecule has 0 radical (unpaired) electrons. The third-order valence-corrected chi connectivity index (χ3v) is 14.8. The van der Waals surface area contributed by atoms with Gasteiger partial charge in [0.1, 0.15) is 11.2 Å². The molecule has 1 aromatic heterocycles. The molecule has 13 rings (SSSR count). The van der Waals surface area contributed by atoms with Crippen molar-refractivity contribution in [2.75, 3.05) is 4.90 Å². The largest absolute Gasteiger partial charge is 0.456 e. The van der Waals surface area contributed by atoms with Crippen LogP contribution in [-0.4, -0.2) is 0 Å². The maximum atomic E-state index is 6.53. The van der Waals surface area contributed by atoms with Crippen LogP contribution in [0.15, 0.2) is 217 Å². The summed E-state index contributed by atoms with van der Waals surface area (Å²) in [6, 6.07) is 78.1. The summed E-state index contributed by atoms with van der Waals surface area (Å²) in [5.41, 5.74) is 20.8. The van der Waals surface area contributed by atoms with Gasteiger partial charge in [-0.25, -0.2) is 0 Å². The second-order valence-electron chi connectivity index (χ2n) is 18.0. The van der Waals surface area contributed by atoms with Gasteiger partial charge in [-0.1, -0.05) is 170 Å². The lowest BCUT2D eigenvalue weighted by Crippen LogP contribution is -2.31. The molecule has 2 heteroatoms. The summed E-state index contributed by atoms with van der Waals surface area (Å²) < 4.78 is 6.53. The highest BCUT2D eigenvalue weighted by Gasteiger charge is 2.56. The first-order valence-electron chi connectivity index (χ1n) is 22.6. The van der Waals surface area contributed by atoms with Gasteiger partial charge in [0, 0.05) is 39.2 Å². The quantitative estimate of drug-likeness (QED) is 0.159. The van der Waals surface area contributed by atoms with Crippen LogP contribution in [0.4, 0.5) is 17.1 Å². The Morgan fingerprint density at radius 2 is 1.00 bits per heavy atom. The lowest BCUT2D eigenvalue weighted by molar-refractivity contribution is 0.327. The zero-order valence-corrected chi connectivity index (χ0v) is 35.0. The molecule has 3 unspecified atom stereocenters. The Labute approximate surface area is 368 Å². The van der Waals surface area contributed by atoms with Crippen LogP contribution in [0.2, 0.25) is 0 Å². The minimum absolute atomic E-state index is 0.151. The zero-order chi connectivity index (χ0) is 41.5. The van der Waals surface area contributed by atoms with E-state index in [4.69, 9.17) is 4.42 Å². The minimum Gasteiger partial charge on any atom is -0.456 e. The first kappa shape index (κ1) is 36.3. The van der Waals surface area contributed by atoms with Crippen LogP contribution >= 0.6 is 0 Å². The first-order valence-corrected chi connectivity index (χ1v) is 22.6. The van der Waals surface area contributed by atoms with Gasteiger partial charge in [-0.3, -0.25) is 0 Å². The van der Waals surface area contributed by atoms with Crippen LogP contribution in [-0.2, 0) is 5.41 Å². The van der Waals surface area contributed by atoms with Gasteiger partial charge in [-0.2, -0.15) is 0 Å². The highest BCUT2D eigenvalue weighted by Crippen LogP contribution is 2.66. The third kappa shape index (κ3) is 5.64. The Morgan fingerprint density at radius 1 is 0.397 bits per heavy atom. The van der Waals surface area contributed by atoms with Gasteiger partial charge in [0.05, 0.1) is 5.69 Å². The molecular weight excluding hydrogens is 763 g/mol. The van der Waals surface area contributed by atoms with Gasteiger partial charge in [-0.05, 0) is 135 Å². The van der Waals surface area contributed by atoms with Crippen LogP contribution in [0.3, 0.4) is 0 Å². The molecule has 2 saturated carbocycles. The Hall–Kier alpha value is -7.42. The van der Waals surface area contributed by atoms with E-state index in [0.717, 1.165) is 56.4 Å². The van der Waals surface area contributed by atoms with E-state index in [9.17, 15) is 0 Å². The van der Waals surface area contributed by atoms with Crippen molar-refractivity contribution in [1.29, 1.82) is 0 Å². The summed E-state index contributed by atoms with van der Waals surface area (Å²) in [4.78, 5) is 2.41. The predicted octanol–water partition coefficient (Wildman–Crippen LogP) is 16.8. The average molecular weight is 808 g/mol. The molecule has 1 heterocycles. The van der Waals surface area contributed by atoms with Gasteiger partial charge < -0.3 is 9.32 Å². The van der Waals surface area contributed by atoms with E-state index in [0.29, 0.717) is 0 Å². The first-order chi connectivity index (χ1) is 31.2. The molecule has 2 nitrogen and oxygen atoms in total. The maximum absolute atomic E-state index is 6.53. The molecule has 300 valence electrons. The zero-order valence-electron chi connectivity index (χ0n) is 35.0. The standard InChI is InChI=1S/C61H45NO/c1-2-14-42(15-3-1)47-16-4-5-17-48(47)49-18-6-7-19-50(49)53-21-9-12-24-58(53)62(46-33-35-55-54-22-10-13-25-59(54)63-60(55)38-46)45-31-27-41(28-32-45)43-29-34-52-51-20-8-11-23-56(51)61(57(52)37-43)39-40-26-30-44(61)36-40/h1-25,27-29,31-35,37-38,40,44H,26,30,36,39H2. The Balaban J connectivity index is 0.955. The molecule has 0 saturated heterocycles. The normalized spacial score (nSPS) is 18.3. The number of nitrogens with zero attached hydrogens (tertiary/aromatic N) is 1. The molecule has 10 aromatic rings. The fourth-order valence-electron chi connectivity index (χ4n) is 12.1. The second kappa shape index (κ2) is 14.3. The van der Waals surface area contributed by atoms with Crippen molar-refractivity contribution >= 4 is 39.0 Å². The van der Waals surface area contributed by atoms with Crippen molar-refractivity contribution in [3.8, 4) is 55.6 Å². The number of rotatable bonds is 7. The van der Waals surface area contributed by atoms with Crippen LogP contribution in [0, 0.1) is 11.8 Å². The van der Waals surface area contributed by atoms with E-state index in [1.165, 1.54) is 75.8 Å². The van der Waals surface area contributed by atoms with Gasteiger partial charge in [-0.15, -0.1) is 0 Å². The van der Waals surface area contributed by atoms with E-state index >= 15 is 0 Å². The smallest absolute Gasteiger partial charge is 0.137 e. The number of benzene rings is 9. The Kier molecular flexibility index (Phi) is 8.24. The molecule has 1 spiro atoms. The third-order valence-electron chi connectivity index (χ3n) is 14.8. The van der Waals surface area contributed by atoms with Gasteiger partial charge in [0.2, 0.25) is 0 Å². The number of fused-ring (bicyclic) bond motifs is 11. The van der Waals surface area contributed by atoms with E-state index in [-0.39, 0.29) is 5.41 Å². The molecule has 9 aromatic carbocycles. The summed E-state index contributed by atoms with van der Waals surface area (Å²) in [6.45, 7) is 0. The lowest BCUT2D eigenvalue weighted by Gasteiger charge is -2.36. The lowest BCUT2D eigenvalue weighted by atomic mass is 9.66. The van der Waals surface area contributed by atoms with E-state index < -0.39 is 0 Å². The number of anilines is 3. The molecule has 0 amide bonds. The van der Waals surface area contributed by atoms with Crippen molar-refractivity contribution in [2.24, 2.45) is 11.8 Å². The van der Waals surface area contributed by atoms with Crippen molar-refractivity contribution in [3.63, 3.8) is 0 Å². The van der Waals surface area contributed by atoms with Crippen LogP contribution in [0.5, 0.6) is 0 Å². The summed E-state index contributed by atoms with van der Waals surface area (Å²) in [6.07, 6.45) is 5.39. The van der Waals surface area contributed by atoms with Crippen LogP contribution in [0.25, 0.3) is 77.6 Å². The maximum Gasteiger partial charge on any atom is 0.137 e. The van der Waals surface area contributed by atoms with Gasteiger partial charge >= 0.3 is 0 Å². The molecule has 2 bridgehead atoms.